The van der Waals surface area contributed by atoms with E-state index in [1.807, 2.05) is 0 Å². The summed E-state index contributed by atoms with van der Waals surface area (Å²) >= 11 is 0. The van der Waals surface area contributed by atoms with Crippen molar-refractivity contribution >= 4 is 17.4 Å². The van der Waals surface area contributed by atoms with Crippen LogP contribution in [0.25, 0.3) is 0 Å². The Hall–Kier alpha value is -3.35. The number of nitrogens with one attached hydrogen (secondary N) is 2. The average Bonchev–Trinajstić information content (AvgIpc) is 2.64. The van der Waals surface area contributed by atoms with Crippen LogP contribution in [-0.2, 0) is 6.54 Å². The Morgan fingerprint density at radius 3 is 2.42 bits per heavy atom. The van der Waals surface area contributed by atoms with E-state index in [2.05, 4.69) is 15.6 Å². The van der Waals surface area contributed by atoms with Crippen molar-refractivity contribution in [3.63, 3.8) is 0 Å². The van der Waals surface area contributed by atoms with Crippen molar-refractivity contribution in [3.8, 4) is 0 Å². The van der Waals surface area contributed by atoms with E-state index >= 15 is 0 Å². The first-order valence-corrected chi connectivity index (χ1v) is 7.72. The van der Waals surface area contributed by atoms with Crippen LogP contribution in [-0.4, -0.2) is 10.9 Å². The molecule has 7 heteroatoms. The number of hydrogen-bond acceptors (Lipinski definition) is 3. The number of nitrogens with zero attached hydrogens (tertiary/aromatic N) is 1. The normalized spacial score (nSPS) is 10.4. The minimum atomic E-state index is -1.10. The number of carbonyl (C=O) groups is 1. The fourth-order valence-electron chi connectivity index (χ4n) is 2.24. The molecule has 0 atom stereocenters. The molecule has 2 aromatic carbocycles. The molecule has 26 heavy (non-hydrogen) atoms. The highest BCUT2D eigenvalue weighted by Gasteiger charge is 2.10. The number of benzene rings is 2. The molecule has 1 aromatic heterocycles. The van der Waals surface area contributed by atoms with Crippen LogP contribution < -0.4 is 10.6 Å². The monoisotopic (exact) mass is 357 g/mol. The summed E-state index contributed by atoms with van der Waals surface area (Å²) in [5.41, 5.74) is 1.13. The SMILES string of the molecule is O=C(Nc1ccc(NCc2ccccc2F)cn1)c1ccc(F)c(F)c1. The molecule has 0 saturated heterocycles. The Labute approximate surface area is 147 Å². The lowest BCUT2D eigenvalue weighted by molar-refractivity contribution is 0.102. The number of aromatic nitrogens is 1. The highest BCUT2D eigenvalue weighted by molar-refractivity contribution is 6.03. The minimum Gasteiger partial charge on any atom is -0.380 e. The summed E-state index contributed by atoms with van der Waals surface area (Å²) in [5, 5.41) is 5.51. The van der Waals surface area contributed by atoms with Gasteiger partial charge in [0.2, 0.25) is 0 Å². The molecule has 4 nitrogen and oxygen atoms in total. The molecule has 0 radical (unpaired) electrons. The quantitative estimate of drug-likeness (QED) is 0.713. The Morgan fingerprint density at radius 1 is 0.923 bits per heavy atom. The maximum atomic E-state index is 13.6. The van der Waals surface area contributed by atoms with E-state index in [4.69, 9.17) is 0 Å². The molecule has 2 N–H and O–H groups in total. The van der Waals surface area contributed by atoms with Crippen LogP contribution >= 0.6 is 0 Å². The van der Waals surface area contributed by atoms with Crippen LogP contribution in [0.1, 0.15) is 15.9 Å². The van der Waals surface area contributed by atoms with Gasteiger partial charge in [-0.2, -0.15) is 0 Å². The molecule has 1 amide bonds. The Morgan fingerprint density at radius 2 is 1.73 bits per heavy atom. The number of pyridine rings is 1. The van der Waals surface area contributed by atoms with Crippen molar-refractivity contribution in [2.45, 2.75) is 6.54 Å². The van der Waals surface area contributed by atoms with Crippen LogP contribution in [0.4, 0.5) is 24.7 Å². The summed E-state index contributed by atoms with van der Waals surface area (Å²) in [4.78, 5) is 16.1. The van der Waals surface area contributed by atoms with Crippen molar-refractivity contribution in [2.24, 2.45) is 0 Å². The lowest BCUT2D eigenvalue weighted by Gasteiger charge is -2.09. The van der Waals surface area contributed by atoms with Crippen LogP contribution in [0, 0.1) is 17.5 Å². The van der Waals surface area contributed by atoms with E-state index in [-0.39, 0.29) is 23.7 Å². The molecular weight excluding hydrogens is 343 g/mol. The molecule has 0 bridgehead atoms. The summed E-state index contributed by atoms with van der Waals surface area (Å²) in [6.45, 7) is 0.287. The molecule has 0 saturated carbocycles. The fraction of sp³-hybridized carbons (Fsp3) is 0.0526. The average molecular weight is 357 g/mol. The van der Waals surface area contributed by atoms with Gasteiger partial charge < -0.3 is 10.6 Å². The summed E-state index contributed by atoms with van der Waals surface area (Å²) in [6, 6.07) is 12.5. The number of hydrogen-bond donors (Lipinski definition) is 2. The van der Waals surface area contributed by atoms with E-state index in [0.29, 0.717) is 11.3 Å². The van der Waals surface area contributed by atoms with Gasteiger partial charge in [-0.05, 0) is 36.4 Å². The molecule has 0 unspecified atom stereocenters. The van der Waals surface area contributed by atoms with Gasteiger partial charge in [-0.25, -0.2) is 18.2 Å². The number of carbonyl (C=O) groups excluding carboxylic acids is 1. The van der Waals surface area contributed by atoms with Gasteiger partial charge in [-0.1, -0.05) is 18.2 Å². The summed E-state index contributed by atoms with van der Waals surface area (Å²) in [5.74, 6) is -2.79. The molecule has 1 heterocycles. The first kappa shape index (κ1) is 17.5. The van der Waals surface area contributed by atoms with Crippen LogP contribution in [0.3, 0.4) is 0 Å². The highest BCUT2D eigenvalue weighted by atomic mass is 19.2. The van der Waals surface area contributed by atoms with Gasteiger partial charge in [0.15, 0.2) is 11.6 Å². The van der Waals surface area contributed by atoms with Crippen LogP contribution in [0.5, 0.6) is 0 Å². The zero-order valence-corrected chi connectivity index (χ0v) is 13.5. The first-order chi connectivity index (χ1) is 12.5. The molecule has 0 aliphatic heterocycles. The van der Waals surface area contributed by atoms with Crippen molar-refractivity contribution in [2.75, 3.05) is 10.6 Å². The maximum absolute atomic E-state index is 13.6. The van der Waals surface area contributed by atoms with Gasteiger partial charge in [0.1, 0.15) is 11.6 Å². The lowest BCUT2D eigenvalue weighted by atomic mass is 10.2. The van der Waals surface area contributed by atoms with E-state index in [1.165, 1.54) is 18.3 Å². The van der Waals surface area contributed by atoms with Crippen LogP contribution in [0.2, 0.25) is 0 Å². The van der Waals surface area contributed by atoms with Gasteiger partial charge in [-0.15, -0.1) is 0 Å². The molecule has 0 fully saturated rings. The van der Waals surface area contributed by atoms with Gasteiger partial charge in [0, 0.05) is 17.7 Å². The molecule has 3 aromatic rings. The molecule has 3 rings (SSSR count). The Bertz CT molecular complexity index is 930. The second-order valence-corrected chi connectivity index (χ2v) is 5.46. The number of rotatable bonds is 5. The van der Waals surface area contributed by atoms with E-state index in [0.717, 1.165) is 12.1 Å². The highest BCUT2D eigenvalue weighted by Crippen LogP contribution is 2.15. The van der Waals surface area contributed by atoms with Gasteiger partial charge in [0.25, 0.3) is 5.91 Å². The number of amides is 1. The topological polar surface area (TPSA) is 54.0 Å². The summed E-state index contributed by atoms with van der Waals surface area (Å²) in [7, 11) is 0. The first-order valence-electron chi connectivity index (χ1n) is 7.72. The van der Waals surface area contributed by atoms with E-state index in [1.54, 1.807) is 30.3 Å². The molecule has 0 spiro atoms. The predicted octanol–water partition coefficient (Wildman–Crippen LogP) is 4.36. The third-order valence-electron chi connectivity index (χ3n) is 3.63. The third kappa shape index (κ3) is 4.18. The second kappa shape index (κ2) is 7.69. The number of anilines is 2. The van der Waals surface area contributed by atoms with Crippen molar-refractivity contribution < 1.29 is 18.0 Å². The summed E-state index contributed by atoms with van der Waals surface area (Å²) < 4.78 is 39.6. The second-order valence-electron chi connectivity index (χ2n) is 5.46. The van der Waals surface area contributed by atoms with Crippen molar-refractivity contribution in [1.29, 1.82) is 0 Å². The molecule has 0 aliphatic carbocycles. The Balaban J connectivity index is 1.61. The molecular formula is C19H14F3N3O. The van der Waals surface area contributed by atoms with E-state index < -0.39 is 17.5 Å². The van der Waals surface area contributed by atoms with Crippen molar-refractivity contribution in [1.82, 2.24) is 4.98 Å². The minimum absolute atomic E-state index is 0.0209. The maximum Gasteiger partial charge on any atom is 0.256 e. The molecule has 132 valence electrons. The summed E-state index contributed by atoms with van der Waals surface area (Å²) in [6.07, 6.45) is 1.47. The zero-order valence-electron chi connectivity index (χ0n) is 13.5. The van der Waals surface area contributed by atoms with Crippen LogP contribution in [0.15, 0.2) is 60.8 Å². The largest absolute Gasteiger partial charge is 0.380 e. The molecule has 0 aliphatic rings. The Kier molecular flexibility index (Phi) is 5.17. The van der Waals surface area contributed by atoms with E-state index in [9.17, 15) is 18.0 Å². The standard InChI is InChI=1S/C19H14F3N3O/c20-15-4-2-1-3-13(15)10-23-14-6-8-18(24-11-14)25-19(26)12-5-7-16(21)17(22)9-12/h1-9,11,23H,10H2,(H,24,25,26). The third-order valence-corrected chi connectivity index (χ3v) is 3.63. The number of halogens is 3. The zero-order chi connectivity index (χ0) is 18.5. The van der Waals surface area contributed by atoms with Gasteiger partial charge in [0.05, 0.1) is 11.9 Å². The smallest absolute Gasteiger partial charge is 0.256 e. The van der Waals surface area contributed by atoms with Gasteiger partial charge >= 0.3 is 0 Å². The lowest BCUT2D eigenvalue weighted by Crippen LogP contribution is -2.13. The fourth-order valence-corrected chi connectivity index (χ4v) is 2.24. The predicted molar refractivity (Wildman–Crippen MR) is 92.3 cm³/mol. The van der Waals surface area contributed by atoms with Crippen molar-refractivity contribution in [3.05, 3.63) is 89.4 Å². The van der Waals surface area contributed by atoms with Gasteiger partial charge in [-0.3, -0.25) is 4.79 Å².